The molecule has 7 aromatic rings. The van der Waals surface area contributed by atoms with E-state index in [9.17, 15) is 0 Å². The number of rotatable bonds is 6. The number of hydrogen-bond donors (Lipinski definition) is 0. The highest BCUT2D eigenvalue weighted by atomic mass is 16.5. The van der Waals surface area contributed by atoms with Crippen LogP contribution in [0.2, 0.25) is 0 Å². The molecule has 0 N–H and O–H groups in total. The summed E-state index contributed by atoms with van der Waals surface area (Å²) in [6.07, 6.45) is 6.47. The number of para-hydroxylation sites is 1. The standard InChI is InChI=1S/C45H31N3O/c1-3-10-30(11-4-1)31-18-20-32(21-19-31)33-22-26-36(27-23-33)44-46-43(35-12-5-2-6-13-35)47-45(48-44)37-28-24-34(25-29-37)38-15-9-17-41-42(38)39-14-7-8-16-40(39)49-41/h1-29,41-42H. The lowest BCUT2D eigenvalue weighted by Crippen LogP contribution is -2.19. The third-order valence-electron chi connectivity index (χ3n) is 9.37. The van der Waals surface area contributed by atoms with E-state index in [4.69, 9.17) is 19.7 Å². The molecule has 0 amide bonds. The molecule has 2 atom stereocenters. The van der Waals surface area contributed by atoms with Crippen LogP contribution in [-0.4, -0.2) is 21.1 Å². The number of fused-ring (bicyclic) bond motifs is 3. The zero-order valence-electron chi connectivity index (χ0n) is 26.6. The fourth-order valence-electron chi connectivity index (χ4n) is 6.84. The average molecular weight is 630 g/mol. The molecule has 0 saturated carbocycles. The van der Waals surface area contributed by atoms with Crippen molar-refractivity contribution in [3.8, 4) is 62.2 Å². The number of ether oxygens (including phenoxy) is 1. The summed E-state index contributed by atoms with van der Waals surface area (Å²) in [6, 6.07) is 54.6. The molecule has 0 bridgehead atoms. The Kier molecular flexibility index (Phi) is 7.25. The summed E-state index contributed by atoms with van der Waals surface area (Å²) in [5.41, 5.74) is 11.2. The smallest absolute Gasteiger partial charge is 0.164 e. The number of nitrogens with zero attached hydrogens (tertiary/aromatic N) is 3. The van der Waals surface area contributed by atoms with Crippen LogP contribution in [0.15, 0.2) is 176 Å². The monoisotopic (exact) mass is 629 g/mol. The molecule has 0 radical (unpaired) electrons. The van der Waals surface area contributed by atoms with Crippen LogP contribution in [0.25, 0.3) is 62.0 Å². The fraction of sp³-hybridized carbons (Fsp3) is 0.0444. The SMILES string of the molecule is C1=CC2Oc3ccccc3C2C(c2ccc(-c3nc(-c4ccccc4)nc(-c4ccc(-c5ccc(-c6ccccc6)cc5)cc4)n3)cc2)=C1. The van der Waals surface area contributed by atoms with Crippen molar-refractivity contribution in [2.24, 2.45) is 0 Å². The molecule has 232 valence electrons. The molecule has 9 rings (SSSR count). The molecule has 0 fully saturated rings. The van der Waals surface area contributed by atoms with E-state index in [1.54, 1.807) is 0 Å². The molecule has 0 spiro atoms. The van der Waals surface area contributed by atoms with Crippen LogP contribution in [0.1, 0.15) is 17.0 Å². The molecule has 4 heteroatoms. The molecule has 4 nitrogen and oxygen atoms in total. The van der Waals surface area contributed by atoms with E-state index in [-0.39, 0.29) is 12.0 Å². The fourth-order valence-corrected chi connectivity index (χ4v) is 6.84. The lowest BCUT2D eigenvalue weighted by atomic mass is 9.81. The van der Waals surface area contributed by atoms with Gasteiger partial charge in [-0.1, -0.05) is 164 Å². The van der Waals surface area contributed by atoms with Crippen LogP contribution in [0.3, 0.4) is 0 Å². The second kappa shape index (κ2) is 12.3. The van der Waals surface area contributed by atoms with Crippen molar-refractivity contribution < 1.29 is 4.74 Å². The van der Waals surface area contributed by atoms with Gasteiger partial charge in [-0.15, -0.1) is 0 Å². The minimum Gasteiger partial charge on any atom is -0.485 e. The van der Waals surface area contributed by atoms with Crippen LogP contribution in [0.5, 0.6) is 5.75 Å². The van der Waals surface area contributed by atoms with E-state index in [1.807, 2.05) is 42.5 Å². The predicted octanol–water partition coefficient (Wildman–Crippen LogP) is 10.7. The maximum Gasteiger partial charge on any atom is 0.164 e. The summed E-state index contributed by atoms with van der Waals surface area (Å²) >= 11 is 0. The topological polar surface area (TPSA) is 47.9 Å². The van der Waals surface area contributed by atoms with Crippen LogP contribution in [0.4, 0.5) is 0 Å². The van der Waals surface area contributed by atoms with Gasteiger partial charge in [0.1, 0.15) is 11.9 Å². The van der Waals surface area contributed by atoms with Gasteiger partial charge in [0.2, 0.25) is 0 Å². The highest BCUT2D eigenvalue weighted by Crippen LogP contribution is 2.47. The molecule has 1 aliphatic carbocycles. The van der Waals surface area contributed by atoms with Gasteiger partial charge in [-0.3, -0.25) is 0 Å². The van der Waals surface area contributed by atoms with Gasteiger partial charge in [-0.2, -0.15) is 0 Å². The number of benzene rings is 6. The molecule has 2 heterocycles. The Morgan fingerprint density at radius 1 is 0.388 bits per heavy atom. The minimum atomic E-state index is 0.0108. The van der Waals surface area contributed by atoms with Crippen LogP contribution in [-0.2, 0) is 0 Å². The summed E-state index contributed by atoms with van der Waals surface area (Å²) in [6.45, 7) is 0. The molecule has 2 aliphatic rings. The van der Waals surface area contributed by atoms with Gasteiger partial charge in [0.25, 0.3) is 0 Å². The maximum absolute atomic E-state index is 6.27. The van der Waals surface area contributed by atoms with Crippen molar-refractivity contribution in [1.82, 2.24) is 15.0 Å². The molecule has 1 aromatic heterocycles. The Bertz CT molecular complexity index is 2330. The van der Waals surface area contributed by atoms with E-state index >= 15 is 0 Å². The molecule has 49 heavy (non-hydrogen) atoms. The van der Waals surface area contributed by atoms with Crippen LogP contribution in [0, 0.1) is 0 Å². The number of aromatic nitrogens is 3. The van der Waals surface area contributed by atoms with Crippen molar-refractivity contribution in [3.63, 3.8) is 0 Å². The van der Waals surface area contributed by atoms with Crippen LogP contribution < -0.4 is 4.74 Å². The Hall–Kier alpha value is -6.39. The largest absolute Gasteiger partial charge is 0.485 e. The average Bonchev–Trinajstić information content (AvgIpc) is 3.58. The lowest BCUT2D eigenvalue weighted by Gasteiger charge is -2.23. The van der Waals surface area contributed by atoms with Gasteiger partial charge >= 0.3 is 0 Å². The van der Waals surface area contributed by atoms with E-state index in [2.05, 4.69) is 133 Å². The Morgan fingerprint density at radius 3 is 1.35 bits per heavy atom. The third kappa shape index (κ3) is 5.53. The summed E-state index contributed by atoms with van der Waals surface area (Å²) in [5.74, 6) is 3.06. The summed E-state index contributed by atoms with van der Waals surface area (Å²) in [7, 11) is 0. The van der Waals surface area contributed by atoms with Gasteiger partial charge in [-0.25, -0.2) is 15.0 Å². The first-order chi connectivity index (χ1) is 24.3. The zero-order valence-corrected chi connectivity index (χ0v) is 26.6. The second-order valence-electron chi connectivity index (χ2n) is 12.4. The van der Waals surface area contributed by atoms with Gasteiger partial charge in [0.15, 0.2) is 17.5 Å². The zero-order chi connectivity index (χ0) is 32.6. The van der Waals surface area contributed by atoms with Crippen molar-refractivity contribution in [1.29, 1.82) is 0 Å². The highest BCUT2D eigenvalue weighted by molar-refractivity contribution is 5.79. The van der Waals surface area contributed by atoms with Crippen molar-refractivity contribution >= 4 is 5.57 Å². The molecule has 2 unspecified atom stereocenters. The second-order valence-corrected chi connectivity index (χ2v) is 12.4. The first-order valence-corrected chi connectivity index (χ1v) is 16.6. The summed E-state index contributed by atoms with van der Waals surface area (Å²) < 4.78 is 6.27. The third-order valence-corrected chi connectivity index (χ3v) is 9.37. The van der Waals surface area contributed by atoms with Gasteiger partial charge in [0, 0.05) is 22.3 Å². The minimum absolute atomic E-state index is 0.0108. The van der Waals surface area contributed by atoms with E-state index in [1.165, 1.54) is 22.3 Å². The molecule has 6 aromatic carbocycles. The van der Waals surface area contributed by atoms with E-state index < -0.39 is 0 Å². The van der Waals surface area contributed by atoms with Crippen molar-refractivity contribution in [3.05, 3.63) is 187 Å². The van der Waals surface area contributed by atoms with Gasteiger partial charge in [0.05, 0.1) is 5.92 Å². The first-order valence-electron chi connectivity index (χ1n) is 16.6. The maximum atomic E-state index is 6.27. The Morgan fingerprint density at radius 2 is 0.796 bits per heavy atom. The van der Waals surface area contributed by atoms with Crippen molar-refractivity contribution in [2.75, 3.05) is 0 Å². The van der Waals surface area contributed by atoms with Gasteiger partial charge in [-0.05, 0) is 45.5 Å². The molecule has 0 saturated heterocycles. The molecular formula is C45H31N3O. The molecular weight excluding hydrogens is 599 g/mol. The normalized spacial score (nSPS) is 16.0. The van der Waals surface area contributed by atoms with Gasteiger partial charge < -0.3 is 4.74 Å². The van der Waals surface area contributed by atoms with Crippen molar-refractivity contribution in [2.45, 2.75) is 12.0 Å². The quantitative estimate of drug-likeness (QED) is 0.184. The van der Waals surface area contributed by atoms with E-state index in [0.717, 1.165) is 39.1 Å². The predicted molar refractivity (Wildman–Crippen MR) is 198 cm³/mol. The Balaban J connectivity index is 1.04. The first kappa shape index (κ1) is 28.8. The summed E-state index contributed by atoms with van der Waals surface area (Å²) in [5, 5.41) is 0. The summed E-state index contributed by atoms with van der Waals surface area (Å²) in [4.78, 5) is 14.9. The molecule has 1 aliphatic heterocycles. The van der Waals surface area contributed by atoms with E-state index in [0.29, 0.717) is 17.5 Å². The Labute approximate surface area is 285 Å². The van der Waals surface area contributed by atoms with Crippen LogP contribution >= 0.6 is 0 Å². The number of allylic oxidation sites excluding steroid dienone is 2. The number of hydrogen-bond acceptors (Lipinski definition) is 4. The lowest BCUT2D eigenvalue weighted by molar-refractivity contribution is 0.271. The highest BCUT2D eigenvalue weighted by Gasteiger charge is 2.36.